The Labute approximate surface area is 103 Å². The minimum Gasteiger partial charge on any atom is -0.309 e. The summed E-state index contributed by atoms with van der Waals surface area (Å²) in [7, 11) is 0. The van der Waals surface area contributed by atoms with Crippen LogP contribution in [0.25, 0.3) is 0 Å². The molecule has 1 aliphatic carbocycles. The van der Waals surface area contributed by atoms with Crippen LogP contribution in [0.5, 0.6) is 0 Å². The van der Waals surface area contributed by atoms with Crippen LogP contribution in [0.1, 0.15) is 45.1 Å². The van der Waals surface area contributed by atoms with Crippen molar-refractivity contribution in [1.82, 2.24) is 5.32 Å². The lowest BCUT2D eigenvalue weighted by atomic mass is 9.73. The molecule has 0 aliphatic heterocycles. The summed E-state index contributed by atoms with van der Waals surface area (Å²) < 4.78 is 13.5. The summed E-state index contributed by atoms with van der Waals surface area (Å²) >= 11 is 0. The predicted molar refractivity (Wildman–Crippen MR) is 69.3 cm³/mol. The van der Waals surface area contributed by atoms with Crippen LogP contribution in [0.15, 0.2) is 24.3 Å². The van der Waals surface area contributed by atoms with E-state index >= 15 is 0 Å². The molecule has 0 spiro atoms. The minimum absolute atomic E-state index is 0.103. The van der Waals surface area contributed by atoms with Crippen molar-refractivity contribution in [3.05, 3.63) is 35.6 Å². The molecule has 1 atom stereocenters. The maximum absolute atomic E-state index is 13.5. The Hall–Kier alpha value is -0.890. The Balaban J connectivity index is 1.96. The van der Waals surface area contributed by atoms with Gasteiger partial charge in [-0.2, -0.15) is 0 Å². The van der Waals surface area contributed by atoms with Crippen molar-refractivity contribution in [1.29, 1.82) is 0 Å². The highest BCUT2D eigenvalue weighted by Crippen LogP contribution is 2.35. The molecular weight excluding hydrogens is 213 g/mol. The van der Waals surface area contributed by atoms with Crippen LogP contribution >= 0.6 is 0 Å². The zero-order chi connectivity index (χ0) is 12.3. The molecule has 1 saturated carbocycles. The molecule has 2 rings (SSSR count). The van der Waals surface area contributed by atoms with Crippen LogP contribution < -0.4 is 5.32 Å². The number of benzene rings is 1. The minimum atomic E-state index is -0.103. The molecule has 1 nitrogen and oxygen atoms in total. The highest BCUT2D eigenvalue weighted by Gasteiger charge is 2.31. The third kappa shape index (κ3) is 3.06. The molecule has 94 valence electrons. The molecule has 0 heterocycles. The lowest BCUT2D eigenvalue weighted by Crippen LogP contribution is -2.43. The van der Waals surface area contributed by atoms with Gasteiger partial charge < -0.3 is 5.32 Å². The van der Waals surface area contributed by atoms with Gasteiger partial charge in [-0.05, 0) is 24.3 Å². The van der Waals surface area contributed by atoms with Gasteiger partial charge in [0.1, 0.15) is 5.82 Å². The van der Waals surface area contributed by atoms with Crippen molar-refractivity contribution in [3.63, 3.8) is 0 Å². The maximum Gasteiger partial charge on any atom is 0.127 e. The van der Waals surface area contributed by atoms with E-state index in [4.69, 9.17) is 0 Å². The van der Waals surface area contributed by atoms with Crippen LogP contribution in [0.4, 0.5) is 4.39 Å². The summed E-state index contributed by atoms with van der Waals surface area (Å²) in [5.41, 5.74) is 1.11. The van der Waals surface area contributed by atoms with Crippen LogP contribution in [0, 0.1) is 11.2 Å². The van der Waals surface area contributed by atoms with Gasteiger partial charge in [0.2, 0.25) is 0 Å². The van der Waals surface area contributed by atoms with E-state index in [-0.39, 0.29) is 5.82 Å². The van der Waals surface area contributed by atoms with Crippen LogP contribution in [0.3, 0.4) is 0 Å². The molecule has 0 radical (unpaired) electrons. The number of hydrogen-bond acceptors (Lipinski definition) is 1. The maximum atomic E-state index is 13.5. The van der Waals surface area contributed by atoms with Crippen molar-refractivity contribution >= 4 is 0 Å². The van der Waals surface area contributed by atoms with Crippen molar-refractivity contribution in [2.75, 3.05) is 0 Å². The Morgan fingerprint density at radius 1 is 1.29 bits per heavy atom. The summed E-state index contributed by atoms with van der Waals surface area (Å²) in [5.74, 6) is -0.103. The van der Waals surface area contributed by atoms with Gasteiger partial charge in [-0.1, -0.05) is 44.9 Å². The summed E-state index contributed by atoms with van der Waals surface area (Å²) in [4.78, 5) is 0. The Morgan fingerprint density at radius 2 is 2.06 bits per heavy atom. The lowest BCUT2D eigenvalue weighted by molar-refractivity contribution is 0.166. The van der Waals surface area contributed by atoms with Gasteiger partial charge in [0, 0.05) is 18.2 Å². The molecule has 0 bridgehead atoms. The average Bonchev–Trinajstić information content (AvgIpc) is 2.29. The second-order valence-electron chi connectivity index (χ2n) is 5.76. The first kappa shape index (κ1) is 12.6. The lowest BCUT2D eigenvalue weighted by Gasteiger charge is -2.39. The van der Waals surface area contributed by atoms with Crippen LogP contribution in [-0.4, -0.2) is 6.04 Å². The van der Waals surface area contributed by atoms with E-state index in [1.807, 2.05) is 12.1 Å². The topological polar surface area (TPSA) is 12.0 Å². The van der Waals surface area contributed by atoms with Crippen molar-refractivity contribution < 1.29 is 4.39 Å². The van der Waals surface area contributed by atoms with Gasteiger partial charge >= 0.3 is 0 Å². The Kier molecular flexibility index (Phi) is 3.82. The highest BCUT2D eigenvalue weighted by atomic mass is 19.1. The molecule has 1 aromatic rings. The number of rotatable bonds is 3. The molecule has 1 N–H and O–H groups in total. The van der Waals surface area contributed by atoms with E-state index < -0.39 is 0 Å². The van der Waals surface area contributed by atoms with Gasteiger partial charge in [0.25, 0.3) is 0 Å². The van der Waals surface area contributed by atoms with Gasteiger partial charge in [0.05, 0.1) is 0 Å². The number of halogens is 1. The first-order chi connectivity index (χ1) is 8.09. The summed E-state index contributed by atoms with van der Waals surface area (Å²) in [6, 6.07) is 7.53. The van der Waals surface area contributed by atoms with E-state index in [1.54, 1.807) is 6.07 Å². The fourth-order valence-corrected chi connectivity index (χ4v) is 2.75. The molecule has 17 heavy (non-hydrogen) atoms. The third-order valence-corrected chi connectivity index (χ3v) is 4.00. The highest BCUT2D eigenvalue weighted by molar-refractivity contribution is 5.17. The fourth-order valence-electron chi connectivity index (χ4n) is 2.75. The number of nitrogens with one attached hydrogen (secondary N) is 1. The number of hydrogen-bond donors (Lipinski definition) is 1. The molecule has 1 fully saturated rings. The standard InChI is InChI=1S/C15H22FN/c1-15(2)10-6-5-9-14(15)17-11-12-7-3-4-8-13(12)16/h3-4,7-8,14,17H,5-6,9-11H2,1-2H3. The third-order valence-electron chi connectivity index (χ3n) is 4.00. The fraction of sp³-hybridized carbons (Fsp3) is 0.600. The normalized spacial score (nSPS) is 23.6. The van der Waals surface area contributed by atoms with Gasteiger partial charge in [-0.15, -0.1) is 0 Å². The summed E-state index contributed by atoms with van der Waals surface area (Å²) in [5, 5.41) is 3.53. The van der Waals surface area contributed by atoms with Crippen molar-refractivity contribution in [2.45, 2.75) is 52.1 Å². The monoisotopic (exact) mass is 235 g/mol. The van der Waals surface area contributed by atoms with E-state index in [0.29, 0.717) is 18.0 Å². The van der Waals surface area contributed by atoms with Gasteiger partial charge in [-0.3, -0.25) is 0 Å². The molecule has 0 amide bonds. The largest absolute Gasteiger partial charge is 0.309 e. The molecule has 2 heteroatoms. The van der Waals surface area contributed by atoms with Crippen LogP contribution in [0.2, 0.25) is 0 Å². The van der Waals surface area contributed by atoms with E-state index in [2.05, 4.69) is 19.2 Å². The van der Waals surface area contributed by atoms with Gasteiger partial charge in [-0.25, -0.2) is 4.39 Å². The summed E-state index contributed by atoms with van der Waals surface area (Å²) in [6.45, 7) is 5.26. The second kappa shape index (κ2) is 5.18. The first-order valence-corrected chi connectivity index (χ1v) is 6.56. The van der Waals surface area contributed by atoms with Gasteiger partial charge in [0.15, 0.2) is 0 Å². The van der Waals surface area contributed by atoms with Crippen molar-refractivity contribution in [2.24, 2.45) is 5.41 Å². The first-order valence-electron chi connectivity index (χ1n) is 6.56. The molecule has 0 saturated heterocycles. The van der Waals surface area contributed by atoms with Crippen molar-refractivity contribution in [3.8, 4) is 0 Å². The average molecular weight is 235 g/mol. The molecular formula is C15H22FN. The van der Waals surface area contributed by atoms with E-state index in [1.165, 1.54) is 31.7 Å². The second-order valence-corrected chi connectivity index (χ2v) is 5.76. The SMILES string of the molecule is CC1(C)CCCCC1NCc1ccccc1F. The molecule has 1 unspecified atom stereocenters. The zero-order valence-corrected chi connectivity index (χ0v) is 10.8. The molecule has 0 aromatic heterocycles. The smallest absolute Gasteiger partial charge is 0.127 e. The van der Waals surface area contributed by atoms with E-state index in [9.17, 15) is 4.39 Å². The Bertz CT molecular complexity index is 373. The zero-order valence-electron chi connectivity index (χ0n) is 10.8. The van der Waals surface area contributed by atoms with E-state index in [0.717, 1.165) is 5.56 Å². The molecule has 1 aliphatic rings. The predicted octanol–water partition coefficient (Wildman–Crippen LogP) is 3.88. The molecule has 1 aromatic carbocycles. The Morgan fingerprint density at radius 3 is 2.76 bits per heavy atom. The summed E-state index contributed by atoms with van der Waals surface area (Å²) in [6.07, 6.45) is 5.09. The quantitative estimate of drug-likeness (QED) is 0.838. The van der Waals surface area contributed by atoms with Crippen LogP contribution in [-0.2, 0) is 6.54 Å².